The fourth-order valence-corrected chi connectivity index (χ4v) is 3.29. The summed E-state index contributed by atoms with van der Waals surface area (Å²) in [4.78, 5) is 2.46. The fraction of sp³-hybridized carbons (Fsp3) is 1.00. The Bertz CT molecular complexity index is 267. The van der Waals surface area contributed by atoms with Crippen LogP contribution in [0.1, 0.15) is 40.0 Å². The maximum absolute atomic E-state index is 5.51. The minimum Gasteiger partial charge on any atom is -0.381 e. The number of hydrogen-bond donors (Lipinski definition) is 1. The molecule has 0 aromatic carbocycles. The molecule has 3 nitrogen and oxygen atoms in total. The predicted octanol–water partition coefficient (Wildman–Crippen LogP) is 1.87. The zero-order chi connectivity index (χ0) is 12.6. The van der Waals surface area contributed by atoms with Crippen LogP contribution in [0.4, 0.5) is 0 Å². The van der Waals surface area contributed by atoms with Gasteiger partial charge in [-0.1, -0.05) is 13.8 Å². The average Bonchev–Trinajstić information content (AvgIpc) is 2.28. The number of rotatable bonds is 3. The molecule has 1 saturated carbocycles. The molecule has 0 aromatic heterocycles. The molecule has 100 valence electrons. The standard InChI is InChI=1S/C14H28N2O/c1-10-8-11(6-7-16(10)4)15-12-9-13(17-5)14(12,2)3/h10-13,15H,6-9H2,1-5H3. The molecule has 0 spiro atoms. The molecule has 17 heavy (non-hydrogen) atoms. The third-order valence-electron chi connectivity index (χ3n) is 5.11. The van der Waals surface area contributed by atoms with Gasteiger partial charge in [-0.3, -0.25) is 0 Å². The summed E-state index contributed by atoms with van der Waals surface area (Å²) >= 11 is 0. The molecular weight excluding hydrogens is 212 g/mol. The molecule has 2 rings (SSSR count). The van der Waals surface area contributed by atoms with E-state index in [0.717, 1.165) is 0 Å². The Kier molecular flexibility index (Phi) is 3.81. The Balaban J connectivity index is 1.83. The van der Waals surface area contributed by atoms with E-state index >= 15 is 0 Å². The van der Waals surface area contributed by atoms with E-state index in [9.17, 15) is 0 Å². The molecule has 1 N–H and O–H groups in total. The molecule has 0 aromatic rings. The van der Waals surface area contributed by atoms with E-state index in [1.54, 1.807) is 0 Å². The molecule has 2 aliphatic rings. The molecule has 1 aliphatic carbocycles. The van der Waals surface area contributed by atoms with Crippen LogP contribution in [0.15, 0.2) is 0 Å². The van der Waals surface area contributed by atoms with Crippen LogP contribution in [0.25, 0.3) is 0 Å². The minimum atomic E-state index is 0.293. The smallest absolute Gasteiger partial charge is 0.0652 e. The van der Waals surface area contributed by atoms with E-state index in [1.165, 1.54) is 25.8 Å². The molecule has 1 heterocycles. The van der Waals surface area contributed by atoms with Crippen molar-refractivity contribution < 1.29 is 4.74 Å². The maximum Gasteiger partial charge on any atom is 0.0652 e. The van der Waals surface area contributed by atoms with Gasteiger partial charge in [0, 0.05) is 30.7 Å². The van der Waals surface area contributed by atoms with Crippen molar-refractivity contribution in [2.45, 2.75) is 64.3 Å². The molecular formula is C14H28N2O. The topological polar surface area (TPSA) is 24.5 Å². The highest BCUT2D eigenvalue weighted by Gasteiger charge is 2.49. The highest BCUT2D eigenvalue weighted by molar-refractivity contribution is 5.04. The first-order valence-corrected chi connectivity index (χ1v) is 6.94. The fourth-order valence-electron chi connectivity index (χ4n) is 3.29. The van der Waals surface area contributed by atoms with Crippen molar-refractivity contribution in [1.82, 2.24) is 10.2 Å². The Morgan fingerprint density at radius 2 is 2.00 bits per heavy atom. The van der Waals surface area contributed by atoms with Crippen LogP contribution in [0, 0.1) is 5.41 Å². The van der Waals surface area contributed by atoms with Crippen LogP contribution in [0.2, 0.25) is 0 Å². The number of nitrogens with zero attached hydrogens (tertiary/aromatic N) is 1. The number of ether oxygens (including phenoxy) is 1. The summed E-state index contributed by atoms with van der Waals surface area (Å²) in [5, 5.41) is 3.85. The van der Waals surface area contributed by atoms with Crippen LogP contribution in [-0.2, 0) is 4.74 Å². The van der Waals surface area contributed by atoms with Gasteiger partial charge in [-0.2, -0.15) is 0 Å². The number of methoxy groups -OCH3 is 1. The lowest BCUT2D eigenvalue weighted by Gasteiger charge is -2.53. The van der Waals surface area contributed by atoms with Crippen molar-refractivity contribution in [3.63, 3.8) is 0 Å². The highest BCUT2D eigenvalue weighted by atomic mass is 16.5. The largest absolute Gasteiger partial charge is 0.381 e. The zero-order valence-corrected chi connectivity index (χ0v) is 12.0. The molecule has 1 aliphatic heterocycles. The van der Waals surface area contributed by atoms with Gasteiger partial charge in [-0.25, -0.2) is 0 Å². The van der Waals surface area contributed by atoms with Crippen molar-refractivity contribution in [2.24, 2.45) is 5.41 Å². The number of piperidine rings is 1. The van der Waals surface area contributed by atoms with Crippen LogP contribution in [0.3, 0.4) is 0 Å². The monoisotopic (exact) mass is 240 g/mol. The summed E-state index contributed by atoms with van der Waals surface area (Å²) in [5.41, 5.74) is 0.293. The SMILES string of the molecule is COC1CC(NC2CCN(C)C(C)C2)C1(C)C. The Labute approximate surface area is 106 Å². The second-order valence-corrected chi connectivity index (χ2v) is 6.55. The Morgan fingerprint density at radius 1 is 1.29 bits per heavy atom. The molecule has 0 amide bonds. The predicted molar refractivity (Wildman–Crippen MR) is 71.2 cm³/mol. The van der Waals surface area contributed by atoms with Crippen molar-refractivity contribution in [3.8, 4) is 0 Å². The number of nitrogens with one attached hydrogen (secondary N) is 1. The van der Waals surface area contributed by atoms with Crippen molar-refractivity contribution in [3.05, 3.63) is 0 Å². The first-order chi connectivity index (χ1) is 7.95. The second kappa shape index (κ2) is 4.87. The van der Waals surface area contributed by atoms with E-state index in [4.69, 9.17) is 4.74 Å². The molecule has 4 unspecified atom stereocenters. The third-order valence-corrected chi connectivity index (χ3v) is 5.11. The first-order valence-electron chi connectivity index (χ1n) is 6.94. The van der Waals surface area contributed by atoms with Gasteiger partial charge in [0.1, 0.15) is 0 Å². The van der Waals surface area contributed by atoms with Gasteiger partial charge >= 0.3 is 0 Å². The average molecular weight is 240 g/mol. The third kappa shape index (κ3) is 2.51. The number of likely N-dealkylation sites (tertiary alicyclic amines) is 1. The zero-order valence-electron chi connectivity index (χ0n) is 12.0. The van der Waals surface area contributed by atoms with Crippen LogP contribution in [0.5, 0.6) is 0 Å². The molecule has 1 saturated heterocycles. The first kappa shape index (κ1) is 13.3. The van der Waals surface area contributed by atoms with E-state index < -0.39 is 0 Å². The minimum absolute atomic E-state index is 0.293. The van der Waals surface area contributed by atoms with Crippen LogP contribution in [-0.4, -0.2) is 49.8 Å². The summed E-state index contributed by atoms with van der Waals surface area (Å²) in [6, 6.07) is 2.04. The van der Waals surface area contributed by atoms with E-state index in [1.807, 2.05) is 7.11 Å². The van der Waals surface area contributed by atoms with E-state index in [2.05, 4.69) is 38.0 Å². The van der Waals surface area contributed by atoms with E-state index in [-0.39, 0.29) is 0 Å². The van der Waals surface area contributed by atoms with Crippen LogP contribution >= 0.6 is 0 Å². The van der Waals surface area contributed by atoms with Gasteiger partial charge < -0.3 is 15.0 Å². The highest BCUT2D eigenvalue weighted by Crippen LogP contribution is 2.43. The lowest BCUT2D eigenvalue weighted by molar-refractivity contribution is -0.102. The Hall–Kier alpha value is -0.120. The van der Waals surface area contributed by atoms with Crippen molar-refractivity contribution in [1.29, 1.82) is 0 Å². The second-order valence-electron chi connectivity index (χ2n) is 6.55. The van der Waals surface area contributed by atoms with Gasteiger partial charge in [-0.15, -0.1) is 0 Å². The van der Waals surface area contributed by atoms with Crippen molar-refractivity contribution >= 4 is 0 Å². The summed E-state index contributed by atoms with van der Waals surface area (Å²) in [7, 11) is 4.06. The number of hydrogen-bond acceptors (Lipinski definition) is 3. The quantitative estimate of drug-likeness (QED) is 0.815. The lowest BCUT2D eigenvalue weighted by Crippen LogP contribution is -2.63. The van der Waals surface area contributed by atoms with Gasteiger partial charge in [-0.05, 0) is 39.8 Å². The normalized spacial score (nSPS) is 42.2. The summed E-state index contributed by atoms with van der Waals surface area (Å²) in [6.45, 7) is 8.19. The molecule has 3 heteroatoms. The van der Waals surface area contributed by atoms with Gasteiger partial charge in [0.25, 0.3) is 0 Å². The molecule has 4 atom stereocenters. The van der Waals surface area contributed by atoms with Gasteiger partial charge in [0.05, 0.1) is 6.10 Å². The maximum atomic E-state index is 5.51. The summed E-state index contributed by atoms with van der Waals surface area (Å²) in [6.07, 6.45) is 4.17. The molecule has 0 bridgehead atoms. The molecule has 2 fully saturated rings. The lowest BCUT2D eigenvalue weighted by atomic mass is 9.64. The summed E-state index contributed by atoms with van der Waals surface area (Å²) in [5.74, 6) is 0. The molecule has 0 radical (unpaired) electrons. The summed E-state index contributed by atoms with van der Waals surface area (Å²) < 4.78 is 5.51. The van der Waals surface area contributed by atoms with Crippen LogP contribution < -0.4 is 5.32 Å². The van der Waals surface area contributed by atoms with Gasteiger partial charge in [0.2, 0.25) is 0 Å². The van der Waals surface area contributed by atoms with Gasteiger partial charge in [0.15, 0.2) is 0 Å². The van der Waals surface area contributed by atoms with E-state index in [0.29, 0.717) is 29.6 Å². The Morgan fingerprint density at radius 3 is 2.53 bits per heavy atom. The van der Waals surface area contributed by atoms with Crippen molar-refractivity contribution in [2.75, 3.05) is 20.7 Å².